The fraction of sp³-hybridized carbons (Fsp3) is 0.0417. The number of ether oxygens (including phenoxy) is 1. The number of thiazole rings is 1. The summed E-state index contributed by atoms with van der Waals surface area (Å²) in [5.41, 5.74) is 7.34. The second-order valence-electron chi connectivity index (χ2n) is 7.22. The Balaban J connectivity index is 1.73. The number of nitrogens with one attached hydrogen (secondary N) is 1. The van der Waals surface area contributed by atoms with E-state index in [1.54, 1.807) is 30.6 Å². The Morgan fingerprint density at radius 2 is 2.03 bits per heavy atom. The molecule has 0 radical (unpaired) electrons. The Morgan fingerprint density at radius 1 is 1.19 bits per heavy atom. The van der Waals surface area contributed by atoms with E-state index in [0.29, 0.717) is 22.5 Å². The first-order valence-electron chi connectivity index (χ1n) is 10.5. The predicted molar refractivity (Wildman–Crippen MR) is 137 cm³/mol. The summed E-state index contributed by atoms with van der Waals surface area (Å²) >= 11 is 1.12. The van der Waals surface area contributed by atoms with Crippen LogP contribution in [-0.2, 0) is 10.0 Å². The van der Waals surface area contributed by atoms with Gasteiger partial charge in [-0.2, -0.15) is 9.65 Å². The van der Waals surface area contributed by atoms with Crippen LogP contribution in [0.1, 0.15) is 11.1 Å². The Labute approximate surface area is 215 Å². The molecule has 0 aliphatic heterocycles. The highest BCUT2D eigenvalue weighted by molar-refractivity contribution is 7.93. The Bertz CT molecular complexity index is 1650. The van der Waals surface area contributed by atoms with Crippen molar-refractivity contribution < 1.29 is 17.5 Å². The molecule has 1 aromatic carbocycles. The standard InChI is InChI=1S/C24H18FN7O3S2/c1-28-19(4-6-26)18-12-20(15-5-7-29-23(25)11-15)31-14-22(18)35-21-3-2-17(10-16(21)13-27)37(33,34)32-24-30-8-9-36-24/h2-12,14H,26H2,1H3,(H,30,32). The predicted octanol–water partition coefficient (Wildman–Crippen LogP) is 4.10. The molecule has 3 heterocycles. The molecule has 10 nitrogen and oxygen atoms in total. The van der Waals surface area contributed by atoms with E-state index >= 15 is 0 Å². The van der Waals surface area contributed by atoms with E-state index in [1.165, 1.54) is 49.1 Å². The van der Waals surface area contributed by atoms with Crippen molar-refractivity contribution in [2.45, 2.75) is 4.90 Å². The topological polar surface area (TPSA) is 156 Å². The van der Waals surface area contributed by atoms with Crippen LogP contribution < -0.4 is 15.2 Å². The van der Waals surface area contributed by atoms with Crippen LogP contribution in [0.5, 0.6) is 11.5 Å². The third-order valence-electron chi connectivity index (χ3n) is 4.92. The van der Waals surface area contributed by atoms with Crippen LogP contribution in [0.25, 0.3) is 11.3 Å². The van der Waals surface area contributed by atoms with Gasteiger partial charge in [-0.3, -0.25) is 14.7 Å². The summed E-state index contributed by atoms with van der Waals surface area (Å²) in [6.07, 6.45) is 7.03. The number of sulfonamides is 1. The van der Waals surface area contributed by atoms with Crippen LogP contribution >= 0.6 is 11.3 Å². The number of hydrogen-bond donors (Lipinski definition) is 2. The number of allylic oxidation sites excluding steroid dienone is 1. The van der Waals surface area contributed by atoms with Crippen molar-refractivity contribution in [1.29, 1.82) is 5.26 Å². The molecule has 0 saturated carbocycles. The van der Waals surface area contributed by atoms with Crippen LogP contribution in [0.15, 0.2) is 82.5 Å². The number of aliphatic imine (C=N–C) groups is 1. The van der Waals surface area contributed by atoms with Crippen LogP contribution in [0.2, 0.25) is 0 Å². The molecule has 0 aliphatic rings. The SMILES string of the molecule is CN=C(C=CN)c1cc(-c2ccnc(F)c2)ncc1Oc1ccc(S(=O)(=O)Nc2nccs2)cc1C#N. The highest BCUT2D eigenvalue weighted by Crippen LogP contribution is 2.32. The third kappa shape index (κ3) is 5.77. The molecule has 0 fully saturated rings. The number of pyridine rings is 2. The van der Waals surface area contributed by atoms with Crippen LogP contribution in [0.3, 0.4) is 0 Å². The zero-order valence-electron chi connectivity index (χ0n) is 19.2. The maximum Gasteiger partial charge on any atom is 0.263 e. The van der Waals surface area contributed by atoms with E-state index in [2.05, 4.69) is 24.7 Å². The summed E-state index contributed by atoms with van der Waals surface area (Å²) in [4.78, 5) is 15.9. The van der Waals surface area contributed by atoms with E-state index in [1.807, 2.05) is 6.07 Å². The van der Waals surface area contributed by atoms with E-state index in [9.17, 15) is 18.1 Å². The highest BCUT2D eigenvalue weighted by Gasteiger charge is 2.20. The van der Waals surface area contributed by atoms with E-state index in [4.69, 9.17) is 10.5 Å². The molecular weight excluding hydrogens is 517 g/mol. The minimum absolute atomic E-state index is 0.0300. The van der Waals surface area contributed by atoms with Gasteiger partial charge in [0.15, 0.2) is 10.9 Å². The lowest BCUT2D eigenvalue weighted by Crippen LogP contribution is -2.13. The normalized spacial score (nSPS) is 11.9. The molecule has 186 valence electrons. The maximum absolute atomic E-state index is 13.7. The Hall–Kier alpha value is -4.67. The molecule has 3 N–H and O–H groups in total. The average molecular weight is 536 g/mol. The average Bonchev–Trinajstić information content (AvgIpc) is 3.40. The summed E-state index contributed by atoms with van der Waals surface area (Å²) in [5, 5.41) is 11.5. The van der Waals surface area contributed by atoms with Gasteiger partial charge in [-0.15, -0.1) is 11.3 Å². The van der Waals surface area contributed by atoms with Crippen molar-refractivity contribution in [2.24, 2.45) is 10.7 Å². The molecule has 3 aromatic heterocycles. The van der Waals surface area contributed by atoms with Crippen molar-refractivity contribution in [3.8, 4) is 28.8 Å². The fourth-order valence-corrected chi connectivity index (χ4v) is 5.05. The van der Waals surface area contributed by atoms with Gasteiger partial charge in [0.1, 0.15) is 11.8 Å². The Morgan fingerprint density at radius 3 is 2.70 bits per heavy atom. The van der Waals surface area contributed by atoms with Gasteiger partial charge < -0.3 is 10.5 Å². The molecule has 0 unspecified atom stereocenters. The first kappa shape index (κ1) is 25.4. The molecule has 0 atom stereocenters. The van der Waals surface area contributed by atoms with Crippen LogP contribution in [0.4, 0.5) is 9.52 Å². The molecule has 4 rings (SSSR count). The summed E-state index contributed by atoms with van der Waals surface area (Å²) in [6, 6.07) is 10.3. The zero-order valence-corrected chi connectivity index (χ0v) is 20.8. The van der Waals surface area contributed by atoms with Gasteiger partial charge in [-0.1, -0.05) is 0 Å². The van der Waals surface area contributed by atoms with Gasteiger partial charge >= 0.3 is 0 Å². The van der Waals surface area contributed by atoms with Gasteiger partial charge in [0, 0.05) is 42.0 Å². The van der Waals surface area contributed by atoms with E-state index in [0.717, 1.165) is 11.3 Å². The number of nitrogens with two attached hydrogens (primary N) is 1. The fourth-order valence-electron chi connectivity index (χ4n) is 3.24. The lowest BCUT2D eigenvalue weighted by Gasteiger charge is -2.14. The number of anilines is 1. The van der Waals surface area contributed by atoms with Gasteiger partial charge in [-0.25, -0.2) is 18.4 Å². The lowest BCUT2D eigenvalue weighted by molar-refractivity contribution is 0.477. The van der Waals surface area contributed by atoms with Crippen molar-refractivity contribution in [1.82, 2.24) is 15.0 Å². The number of nitrogens with zero attached hydrogens (tertiary/aromatic N) is 5. The number of benzene rings is 1. The quantitative estimate of drug-likeness (QED) is 0.252. The van der Waals surface area contributed by atoms with Gasteiger partial charge in [0.2, 0.25) is 5.95 Å². The minimum Gasteiger partial charge on any atom is -0.454 e. The van der Waals surface area contributed by atoms with Gasteiger partial charge in [0.25, 0.3) is 10.0 Å². The molecule has 0 saturated heterocycles. The smallest absolute Gasteiger partial charge is 0.263 e. The molecule has 0 bridgehead atoms. The Kier molecular flexibility index (Phi) is 7.52. The van der Waals surface area contributed by atoms with Crippen LogP contribution in [0, 0.1) is 17.3 Å². The van der Waals surface area contributed by atoms with Gasteiger partial charge in [-0.05, 0) is 42.6 Å². The molecule has 13 heteroatoms. The lowest BCUT2D eigenvalue weighted by atomic mass is 10.1. The van der Waals surface area contributed by atoms with Crippen molar-refractivity contribution in [2.75, 3.05) is 11.8 Å². The van der Waals surface area contributed by atoms with Crippen molar-refractivity contribution in [3.63, 3.8) is 0 Å². The number of nitriles is 1. The van der Waals surface area contributed by atoms with E-state index in [-0.39, 0.29) is 27.1 Å². The second-order valence-corrected chi connectivity index (χ2v) is 9.79. The van der Waals surface area contributed by atoms with Crippen LogP contribution in [-0.4, -0.2) is 36.1 Å². The monoisotopic (exact) mass is 535 g/mol. The molecule has 4 aromatic rings. The maximum atomic E-state index is 13.7. The van der Waals surface area contributed by atoms with Crippen molar-refractivity contribution >= 4 is 32.2 Å². The summed E-state index contributed by atoms with van der Waals surface area (Å²) < 4.78 is 47.5. The number of aromatic nitrogens is 3. The molecule has 37 heavy (non-hydrogen) atoms. The molecule has 0 spiro atoms. The first-order chi connectivity index (χ1) is 17.8. The van der Waals surface area contributed by atoms with Crippen molar-refractivity contribution in [3.05, 3.63) is 89.7 Å². The summed E-state index contributed by atoms with van der Waals surface area (Å²) in [5.74, 6) is -0.357. The van der Waals surface area contributed by atoms with Gasteiger partial charge in [0.05, 0.1) is 28.1 Å². The summed E-state index contributed by atoms with van der Waals surface area (Å²) in [7, 11) is -2.42. The molecular formula is C24H18FN7O3S2. The largest absolute Gasteiger partial charge is 0.454 e. The molecule has 0 aliphatic carbocycles. The number of halogens is 1. The number of hydrogen-bond acceptors (Lipinski definition) is 10. The minimum atomic E-state index is -3.98. The summed E-state index contributed by atoms with van der Waals surface area (Å²) in [6.45, 7) is 0. The van der Waals surface area contributed by atoms with E-state index < -0.39 is 16.0 Å². The molecule has 0 amide bonds. The second kappa shape index (κ2) is 10.9. The third-order valence-corrected chi connectivity index (χ3v) is 7.07. The number of rotatable bonds is 8. The highest BCUT2D eigenvalue weighted by atomic mass is 32.2. The zero-order chi connectivity index (χ0) is 26.4. The first-order valence-corrected chi connectivity index (χ1v) is 12.8.